The number of anilines is 1. The number of ether oxygens (including phenoxy) is 1. The number of esters is 1. The Morgan fingerprint density at radius 3 is 2.47 bits per heavy atom. The standard InChI is InChI=1S/C12H13N3O2/c1-15-11(13)7-10(14-15)8-3-5-9(6-4-8)12(16)17-2/h3-7H,13H2,1-2H3. The van der Waals surface area contributed by atoms with Crippen molar-refractivity contribution in [2.45, 2.75) is 0 Å². The molecule has 0 fully saturated rings. The third-order valence-electron chi connectivity index (χ3n) is 2.52. The molecule has 0 amide bonds. The summed E-state index contributed by atoms with van der Waals surface area (Å²) < 4.78 is 6.23. The van der Waals surface area contributed by atoms with Gasteiger partial charge in [-0.25, -0.2) is 4.79 Å². The van der Waals surface area contributed by atoms with E-state index in [0.29, 0.717) is 11.4 Å². The molecule has 0 saturated heterocycles. The zero-order valence-electron chi connectivity index (χ0n) is 9.68. The maximum absolute atomic E-state index is 11.3. The summed E-state index contributed by atoms with van der Waals surface area (Å²) in [5, 5.41) is 4.25. The number of carbonyl (C=O) groups is 1. The molecule has 5 heteroatoms. The lowest BCUT2D eigenvalue weighted by atomic mass is 10.1. The van der Waals surface area contributed by atoms with Gasteiger partial charge in [0.05, 0.1) is 18.4 Å². The number of hydrogen-bond acceptors (Lipinski definition) is 4. The van der Waals surface area contributed by atoms with Crippen molar-refractivity contribution < 1.29 is 9.53 Å². The Balaban J connectivity index is 2.32. The Labute approximate surface area is 98.8 Å². The smallest absolute Gasteiger partial charge is 0.337 e. The molecule has 0 atom stereocenters. The molecule has 0 radical (unpaired) electrons. The summed E-state index contributed by atoms with van der Waals surface area (Å²) in [5.74, 6) is 0.245. The van der Waals surface area contributed by atoms with Crippen LogP contribution in [0.1, 0.15) is 10.4 Å². The molecule has 0 aliphatic heterocycles. The minimum atomic E-state index is -0.350. The van der Waals surface area contributed by atoms with Gasteiger partial charge in [-0.15, -0.1) is 0 Å². The number of aryl methyl sites for hydroxylation is 1. The van der Waals surface area contributed by atoms with E-state index in [1.54, 1.807) is 29.9 Å². The molecule has 1 heterocycles. The van der Waals surface area contributed by atoms with Crippen LogP contribution >= 0.6 is 0 Å². The van der Waals surface area contributed by atoms with Crippen LogP contribution in [0.2, 0.25) is 0 Å². The van der Waals surface area contributed by atoms with E-state index >= 15 is 0 Å². The Morgan fingerprint density at radius 2 is 2.00 bits per heavy atom. The summed E-state index contributed by atoms with van der Waals surface area (Å²) in [5.41, 5.74) is 7.90. The van der Waals surface area contributed by atoms with Gasteiger partial charge >= 0.3 is 5.97 Å². The number of nitrogens with zero attached hydrogens (tertiary/aromatic N) is 2. The quantitative estimate of drug-likeness (QED) is 0.794. The van der Waals surface area contributed by atoms with Gasteiger partial charge < -0.3 is 10.5 Å². The minimum absolute atomic E-state index is 0.350. The van der Waals surface area contributed by atoms with Crippen molar-refractivity contribution in [1.82, 2.24) is 9.78 Å². The first-order valence-electron chi connectivity index (χ1n) is 5.10. The number of hydrogen-bond donors (Lipinski definition) is 1. The van der Waals surface area contributed by atoms with Crippen molar-refractivity contribution in [2.75, 3.05) is 12.8 Å². The first kappa shape index (κ1) is 11.2. The molecule has 0 aliphatic rings. The average Bonchev–Trinajstić information content (AvgIpc) is 2.69. The highest BCUT2D eigenvalue weighted by molar-refractivity contribution is 5.89. The molecular weight excluding hydrogens is 218 g/mol. The lowest BCUT2D eigenvalue weighted by molar-refractivity contribution is 0.0601. The lowest BCUT2D eigenvalue weighted by Gasteiger charge is -2.00. The van der Waals surface area contributed by atoms with Crippen molar-refractivity contribution in [3.8, 4) is 11.3 Å². The molecular formula is C12H13N3O2. The fourth-order valence-electron chi connectivity index (χ4n) is 1.52. The summed E-state index contributed by atoms with van der Waals surface area (Å²) in [7, 11) is 3.14. The third kappa shape index (κ3) is 2.13. The van der Waals surface area contributed by atoms with Gasteiger partial charge in [0.2, 0.25) is 0 Å². The normalized spacial score (nSPS) is 10.2. The minimum Gasteiger partial charge on any atom is -0.465 e. The number of rotatable bonds is 2. The summed E-state index contributed by atoms with van der Waals surface area (Å²) >= 11 is 0. The molecule has 88 valence electrons. The van der Waals surface area contributed by atoms with Gasteiger partial charge in [0, 0.05) is 18.7 Å². The molecule has 2 N–H and O–H groups in total. The number of methoxy groups -OCH3 is 1. The van der Waals surface area contributed by atoms with Crippen LogP contribution in [0.25, 0.3) is 11.3 Å². The highest BCUT2D eigenvalue weighted by Gasteiger charge is 2.07. The van der Waals surface area contributed by atoms with Gasteiger partial charge in [0.15, 0.2) is 0 Å². The Kier molecular flexibility index (Phi) is 2.82. The third-order valence-corrected chi connectivity index (χ3v) is 2.52. The number of nitrogen functional groups attached to an aromatic ring is 1. The molecule has 2 rings (SSSR count). The molecule has 1 aromatic heterocycles. The summed E-state index contributed by atoms with van der Waals surface area (Å²) in [6.07, 6.45) is 0. The molecule has 1 aromatic carbocycles. The zero-order chi connectivity index (χ0) is 12.4. The van der Waals surface area contributed by atoms with Gasteiger partial charge in [-0.05, 0) is 12.1 Å². The van der Waals surface area contributed by atoms with Crippen LogP contribution in [-0.2, 0) is 11.8 Å². The highest BCUT2D eigenvalue weighted by atomic mass is 16.5. The Morgan fingerprint density at radius 1 is 1.35 bits per heavy atom. The molecule has 5 nitrogen and oxygen atoms in total. The number of carbonyl (C=O) groups excluding carboxylic acids is 1. The van der Waals surface area contributed by atoms with Gasteiger partial charge in [-0.1, -0.05) is 12.1 Å². The van der Waals surface area contributed by atoms with E-state index in [2.05, 4.69) is 9.84 Å². The first-order chi connectivity index (χ1) is 8.11. The topological polar surface area (TPSA) is 70.1 Å². The number of aromatic nitrogens is 2. The van der Waals surface area contributed by atoms with Crippen molar-refractivity contribution in [1.29, 1.82) is 0 Å². The predicted octanol–water partition coefficient (Wildman–Crippen LogP) is 1.46. The second-order valence-electron chi connectivity index (χ2n) is 3.65. The van der Waals surface area contributed by atoms with Crippen molar-refractivity contribution in [3.63, 3.8) is 0 Å². The van der Waals surface area contributed by atoms with Crippen molar-refractivity contribution in [3.05, 3.63) is 35.9 Å². The molecule has 2 aromatic rings. The van der Waals surface area contributed by atoms with Crippen molar-refractivity contribution >= 4 is 11.8 Å². The van der Waals surface area contributed by atoms with Crippen LogP contribution in [-0.4, -0.2) is 22.9 Å². The summed E-state index contributed by atoms with van der Waals surface area (Å²) in [4.78, 5) is 11.3. The lowest BCUT2D eigenvalue weighted by Crippen LogP contribution is -2.00. The van der Waals surface area contributed by atoms with Crippen LogP contribution < -0.4 is 5.73 Å². The molecule has 0 spiro atoms. The van der Waals surface area contributed by atoms with Crippen LogP contribution in [0.4, 0.5) is 5.82 Å². The number of benzene rings is 1. The van der Waals surface area contributed by atoms with Gasteiger partial charge in [0.25, 0.3) is 0 Å². The zero-order valence-corrected chi connectivity index (χ0v) is 9.68. The monoisotopic (exact) mass is 231 g/mol. The average molecular weight is 231 g/mol. The van der Waals surface area contributed by atoms with E-state index in [-0.39, 0.29) is 5.97 Å². The summed E-state index contributed by atoms with van der Waals surface area (Å²) in [6.45, 7) is 0. The van der Waals surface area contributed by atoms with Crippen LogP contribution in [0, 0.1) is 0 Å². The second kappa shape index (κ2) is 4.29. The van der Waals surface area contributed by atoms with Crippen molar-refractivity contribution in [2.24, 2.45) is 7.05 Å². The fourth-order valence-corrected chi connectivity index (χ4v) is 1.52. The van der Waals surface area contributed by atoms with Crippen LogP contribution in [0.15, 0.2) is 30.3 Å². The van der Waals surface area contributed by atoms with E-state index in [0.717, 1.165) is 11.3 Å². The van der Waals surface area contributed by atoms with Crippen LogP contribution in [0.5, 0.6) is 0 Å². The van der Waals surface area contributed by atoms with Crippen LogP contribution in [0.3, 0.4) is 0 Å². The SMILES string of the molecule is COC(=O)c1ccc(-c2cc(N)n(C)n2)cc1. The first-order valence-corrected chi connectivity index (χ1v) is 5.10. The van der Waals surface area contributed by atoms with E-state index in [1.165, 1.54) is 7.11 Å². The molecule has 0 unspecified atom stereocenters. The maximum Gasteiger partial charge on any atom is 0.337 e. The van der Waals surface area contributed by atoms with Gasteiger partial charge in [-0.2, -0.15) is 5.10 Å². The largest absolute Gasteiger partial charge is 0.465 e. The predicted molar refractivity (Wildman–Crippen MR) is 64.4 cm³/mol. The van der Waals surface area contributed by atoms with E-state index in [4.69, 9.17) is 5.73 Å². The molecule has 0 aliphatic carbocycles. The Hall–Kier alpha value is -2.30. The Bertz CT molecular complexity index is 524. The van der Waals surface area contributed by atoms with E-state index < -0.39 is 0 Å². The second-order valence-corrected chi connectivity index (χ2v) is 3.65. The molecule has 0 bridgehead atoms. The van der Waals surface area contributed by atoms with Gasteiger partial charge in [0.1, 0.15) is 5.82 Å². The van der Waals surface area contributed by atoms with E-state index in [1.807, 2.05) is 12.1 Å². The molecule has 17 heavy (non-hydrogen) atoms. The van der Waals surface area contributed by atoms with Gasteiger partial charge in [-0.3, -0.25) is 4.68 Å². The fraction of sp³-hybridized carbons (Fsp3) is 0.167. The van der Waals surface area contributed by atoms with E-state index in [9.17, 15) is 4.79 Å². The number of nitrogens with two attached hydrogens (primary N) is 1. The summed E-state index contributed by atoms with van der Waals surface area (Å²) in [6, 6.07) is 8.81. The highest BCUT2D eigenvalue weighted by Crippen LogP contribution is 2.20. The molecule has 0 saturated carbocycles. The maximum atomic E-state index is 11.3.